The van der Waals surface area contributed by atoms with Crippen molar-refractivity contribution in [3.63, 3.8) is 0 Å². The van der Waals surface area contributed by atoms with Gasteiger partial charge in [0, 0.05) is 33.4 Å². The monoisotopic (exact) mass is 586 g/mol. The van der Waals surface area contributed by atoms with Crippen LogP contribution in [0, 0.1) is 6.57 Å². The third kappa shape index (κ3) is 4.03. The number of fused-ring (bicyclic) bond motifs is 1. The van der Waals surface area contributed by atoms with Crippen molar-refractivity contribution >= 4 is 66.1 Å². The zero-order valence-electron chi connectivity index (χ0n) is 24.8. The summed E-state index contributed by atoms with van der Waals surface area (Å²) in [5, 5.41) is 7.33. The molecule has 4 heteroatoms. The highest BCUT2D eigenvalue weighted by atomic mass is 15.1. The molecule has 4 nitrogen and oxygen atoms in total. The van der Waals surface area contributed by atoms with E-state index in [1.54, 1.807) is 0 Å². The van der Waals surface area contributed by atoms with Crippen molar-refractivity contribution in [3.8, 4) is 16.9 Å². The summed E-state index contributed by atoms with van der Waals surface area (Å²) in [6.07, 6.45) is 1.95. The highest BCUT2D eigenvalue weighted by Gasteiger charge is 2.20. The van der Waals surface area contributed by atoms with E-state index in [4.69, 9.17) is 11.6 Å². The molecule has 0 N–H and O–H groups in total. The first-order chi connectivity index (χ1) is 22.8. The molecule has 0 unspecified atom stereocenters. The summed E-state index contributed by atoms with van der Waals surface area (Å²) in [7, 11) is 0. The molecule has 0 atom stereocenters. The van der Waals surface area contributed by atoms with Crippen LogP contribution >= 0.6 is 0 Å². The Bertz CT molecular complexity index is 2570. The number of para-hydroxylation sites is 1. The van der Waals surface area contributed by atoms with Crippen LogP contribution in [-0.2, 0) is 0 Å². The fourth-order valence-corrected chi connectivity index (χ4v) is 6.88. The Labute approximate surface area is 266 Å². The van der Waals surface area contributed by atoms with Crippen molar-refractivity contribution in [1.82, 2.24) is 9.55 Å². The molecule has 46 heavy (non-hydrogen) atoms. The number of aromatic nitrogens is 2. The van der Waals surface area contributed by atoms with Crippen LogP contribution in [-0.4, -0.2) is 9.55 Å². The summed E-state index contributed by atoms with van der Waals surface area (Å²) in [6.45, 7) is 7.42. The predicted octanol–water partition coefficient (Wildman–Crippen LogP) is 11.6. The average Bonchev–Trinajstić information content (AvgIpc) is 3.47. The molecular weight excluding hydrogens is 560 g/mol. The third-order valence-electron chi connectivity index (χ3n) is 8.98. The average molecular weight is 587 g/mol. The second-order valence-corrected chi connectivity index (χ2v) is 11.6. The van der Waals surface area contributed by atoms with Gasteiger partial charge < -0.3 is 9.47 Å². The van der Waals surface area contributed by atoms with Crippen LogP contribution in [0.25, 0.3) is 65.1 Å². The van der Waals surface area contributed by atoms with Crippen LogP contribution in [0.5, 0.6) is 0 Å². The van der Waals surface area contributed by atoms with Gasteiger partial charge in [-0.15, -0.1) is 0 Å². The molecule has 7 aromatic carbocycles. The van der Waals surface area contributed by atoms with E-state index in [0.29, 0.717) is 5.69 Å². The molecule has 9 aromatic rings. The van der Waals surface area contributed by atoms with Crippen LogP contribution in [0.3, 0.4) is 0 Å². The Hall–Kier alpha value is -6.44. The van der Waals surface area contributed by atoms with E-state index < -0.39 is 0 Å². The van der Waals surface area contributed by atoms with E-state index in [0.717, 1.165) is 34.0 Å². The van der Waals surface area contributed by atoms with Crippen molar-refractivity contribution in [3.05, 3.63) is 169 Å². The summed E-state index contributed by atoms with van der Waals surface area (Å²) in [5.74, 6) is 0. The maximum absolute atomic E-state index is 7.42. The molecule has 214 valence electrons. The smallest absolute Gasteiger partial charge is 0.187 e. The van der Waals surface area contributed by atoms with Gasteiger partial charge in [0.25, 0.3) is 0 Å². The van der Waals surface area contributed by atoms with Gasteiger partial charge in [0.15, 0.2) is 5.69 Å². The van der Waals surface area contributed by atoms with Crippen LogP contribution in [0.15, 0.2) is 158 Å². The molecule has 0 aliphatic rings. The van der Waals surface area contributed by atoms with Gasteiger partial charge in [-0.1, -0.05) is 91.0 Å². The minimum Gasteiger partial charge on any atom is -0.309 e. The van der Waals surface area contributed by atoms with Gasteiger partial charge in [-0.05, 0) is 82.2 Å². The molecule has 0 amide bonds. The van der Waals surface area contributed by atoms with Gasteiger partial charge in [-0.25, -0.2) is 4.85 Å². The van der Waals surface area contributed by atoms with Crippen molar-refractivity contribution in [1.29, 1.82) is 0 Å². The van der Waals surface area contributed by atoms with Crippen molar-refractivity contribution < 1.29 is 0 Å². The molecule has 0 saturated heterocycles. The van der Waals surface area contributed by atoms with E-state index in [-0.39, 0.29) is 0 Å². The summed E-state index contributed by atoms with van der Waals surface area (Å²) >= 11 is 0. The molecule has 9 rings (SSSR count). The summed E-state index contributed by atoms with van der Waals surface area (Å²) in [6, 6.07) is 52.9. The second-order valence-electron chi connectivity index (χ2n) is 11.6. The van der Waals surface area contributed by atoms with Gasteiger partial charge in [0.1, 0.15) is 0 Å². The van der Waals surface area contributed by atoms with Gasteiger partial charge >= 0.3 is 0 Å². The third-order valence-corrected chi connectivity index (χ3v) is 8.98. The molecule has 2 aromatic heterocycles. The lowest BCUT2D eigenvalue weighted by atomic mass is 9.97. The first-order valence-electron chi connectivity index (χ1n) is 15.3. The molecule has 0 aliphatic carbocycles. The van der Waals surface area contributed by atoms with Crippen LogP contribution < -0.4 is 4.90 Å². The Morgan fingerprint density at radius 2 is 1.26 bits per heavy atom. The minimum atomic E-state index is 0.616. The molecule has 0 fully saturated rings. The van der Waals surface area contributed by atoms with Crippen molar-refractivity contribution in [2.75, 3.05) is 4.90 Å². The topological polar surface area (TPSA) is 25.4 Å². The van der Waals surface area contributed by atoms with Crippen LogP contribution in [0.1, 0.15) is 0 Å². The summed E-state index contributed by atoms with van der Waals surface area (Å²) < 4.78 is 2.37. The Morgan fingerprint density at radius 3 is 2.07 bits per heavy atom. The second kappa shape index (κ2) is 10.3. The van der Waals surface area contributed by atoms with Crippen LogP contribution in [0.4, 0.5) is 22.7 Å². The summed E-state index contributed by atoms with van der Waals surface area (Å²) in [4.78, 5) is 10.9. The maximum atomic E-state index is 7.42. The SMILES string of the molecule is [C-]#[N+]c1ccc(N(c2ccc(-c3ccc4c5c3ccc3cccc(c35)n4-c3ccccc3)nc2)c2ccc3ccccc3c2)cc1. The largest absolute Gasteiger partial charge is 0.309 e. The Kier molecular flexibility index (Phi) is 5.84. The number of hydrogen-bond acceptors (Lipinski definition) is 2. The Balaban J connectivity index is 1.19. The van der Waals surface area contributed by atoms with E-state index in [2.05, 4.69) is 142 Å². The maximum Gasteiger partial charge on any atom is 0.187 e. The van der Waals surface area contributed by atoms with Crippen molar-refractivity contribution in [2.45, 2.75) is 0 Å². The molecule has 0 bridgehead atoms. The molecule has 2 heterocycles. The van der Waals surface area contributed by atoms with Crippen molar-refractivity contribution in [2.24, 2.45) is 0 Å². The van der Waals surface area contributed by atoms with E-state index in [9.17, 15) is 0 Å². The van der Waals surface area contributed by atoms with Gasteiger partial charge in [0.2, 0.25) is 0 Å². The number of nitrogens with zero attached hydrogens (tertiary/aromatic N) is 4. The molecule has 0 radical (unpaired) electrons. The van der Waals surface area contributed by atoms with E-state index >= 15 is 0 Å². The normalized spacial score (nSPS) is 11.5. The first-order valence-corrected chi connectivity index (χ1v) is 15.3. The van der Waals surface area contributed by atoms with Gasteiger partial charge in [0.05, 0.1) is 35.2 Å². The number of hydrogen-bond donors (Lipinski definition) is 0. The highest BCUT2D eigenvalue weighted by molar-refractivity contribution is 6.26. The zero-order valence-corrected chi connectivity index (χ0v) is 24.8. The predicted molar refractivity (Wildman–Crippen MR) is 191 cm³/mol. The fraction of sp³-hybridized carbons (Fsp3) is 0. The molecule has 0 aliphatic heterocycles. The van der Waals surface area contributed by atoms with Gasteiger partial charge in [-0.2, -0.15) is 0 Å². The first kappa shape index (κ1) is 26.0. The Morgan fingerprint density at radius 1 is 0.543 bits per heavy atom. The van der Waals surface area contributed by atoms with E-state index in [1.807, 2.05) is 30.5 Å². The number of benzene rings is 7. The molecular formula is C42H26N4. The fourth-order valence-electron chi connectivity index (χ4n) is 6.88. The number of rotatable bonds is 5. The van der Waals surface area contributed by atoms with Gasteiger partial charge in [-0.3, -0.25) is 4.98 Å². The summed E-state index contributed by atoms with van der Waals surface area (Å²) in [5.41, 5.74) is 9.15. The lowest BCUT2D eigenvalue weighted by molar-refractivity contribution is 1.18. The molecule has 0 saturated carbocycles. The molecule has 0 spiro atoms. The number of anilines is 3. The van der Waals surface area contributed by atoms with E-state index in [1.165, 1.54) is 43.4 Å². The number of pyridine rings is 1. The quantitative estimate of drug-likeness (QED) is 0.148. The van der Waals surface area contributed by atoms with Crippen LogP contribution in [0.2, 0.25) is 0 Å². The minimum absolute atomic E-state index is 0.616. The standard InChI is InChI=1S/C42H26N4/c1-43-31-16-19-33(20-17-31)45(34-18-14-28-8-5-6-9-30(28)26-34)35-21-24-38(44-27-35)36-23-25-40-42-37(36)22-15-29-10-7-13-39(41(29)42)46(40)32-11-3-2-4-12-32/h2-27H. The lowest BCUT2D eigenvalue weighted by Crippen LogP contribution is -2.10. The highest BCUT2D eigenvalue weighted by Crippen LogP contribution is 2.43. The lowest BCUT2D eigenvalue weighted by Gasteiger charge is -2.26. The zero-order chi connectivity index (χ0) is 30.6.